The minimum atomic E-state index is -1.35. The van der Waals surface area contributed by atoms with Crippen LogP contribution < -0.4 is 10.6 Å². The Morgan fingerprint density at radius 2 is 1.35 bits per heavy atom. The van der Waals surface area contributed by atoms with E-state index >= 15 is 0 Å². The van der Waals surface area contributed by atoms with Gasteiger partial charge in [-0.3, -0.25) is 28.9 Å². The third kappa shape index (κ3) is 9.57. The summed E-state index contributed by atoms with van der Waals surface area (Å²) in [4.78, 5) is 77.0. The third-order valence-corrected chi connectivity index (χ3v) is 6.98. The van der Waals surface area contributed by atoms with Crippen LogP contribution in [0.4, 0.5) is 0 Å². The number of benzene rings is 3. The Kier molecular flexibility index (Phi) is 11.6. The van der Waals surface area contributed by atoms with Crippen molar-refractivity contribution in [2.24, 2.45) is 0 Å². The van der Waals surface area contributed by atoms with Crippen molar-refractivity contribution in [3.63, 3.8) is 0 Å². The predicted octanol–water partition coefficient (Wildman–Crippen LogP) is 2.56. The van der Waals surface area contributed by atoms with E-state index < -0.39 is 54.3 Å². The molecule has 12 nitrogen and oxygen atoms in total. The summed E-state index contributed by atoms with van der Waals surface area (Å²) in [6.45, 7) is 0.402. The largest absolute Gasteiger partial charge is 0.461 e. The van der Waals surface area contributed by atoms with Crippen molar-refractivity contribution >= 4 is 35.6 Å². The highest BCUT2D eigenvalue weighted by Gasteiger charge is 2.34. The summed E-state index contributed by atoms with van der Waals surface area (Å²) in [5.41, 5.74) is 2.08. The summed E-state index contributed by atoms with van der Waals surface area (Å²) in [5.74, 6) is -4.03. The van der Waals surface area contributed by atoms with Crippen LogP contribution in [0.1, 0.15) is 51.6 Å². The number of carbonyl (C=O) groups excluding carboxylic acids is 6. The second-order valence-corrected chi connectivity index (χ2v) is 10.4. The van der Waals surface area contributed by atoms with Crippen LogP contribution in [0.5, 0.6) is 0 Å². The summed E-state index contributed by atoms with van der Waals surface area (Å²) >= 11 is 0. The Hall–Kier alpha value is -5.36. The molecule has 2 N–H and O–H groups in total. The van der Waals surface area contributed by atoms with Crippen LogP contribution in [0.15, 0.2) is 84.9 Å². The molecule has 0 saturated carbocycles. The molecule has 1 heterocycles. The lowest BCUT2D eigenvalue weighted by Crippen LogP contribution is -2.51. The van der Waals surface area contributed by atoms with Crippen LogP contribution in [0.25, 0.3) is 0 Å². The number of amides is 4. The Bertz CT molecular complexity index is 1550. The van der Waals surface area contributed by atoms with Gasteiger partial charge in [-0.1, -0.05) is 72.8 Å². The van der Waals surface area contributed by atoms with Gasteiger partial charge >= 0.3 is 11.9 Å². The molecule has 0 aliphatic carbocycles. The molecule has 4 amide bonds. The van der Waals surface area contributed by atoms with Gasteiger partial charge < -0.3 is 24.8 Å². The summed E-state index contributed by atoms with van der Waals surface area (Å²) in [6, 6.07) is 21.7. The number of fused-ring (bicyclic) bond motifs is 1. The molecule has 0 saturated heterocycles. The molecule has 3 aromatic carbocycles. The molecule has 0 aromatic heterocycles. The quantitative estimate of drug-likeness (QED) is 0.138. The average Bonchev–Trinajstić information content (AvgIpc) is 3.34. The first-order valence-corrected chi connectivity index (χ1v) is 14.7. The van der Waals surface area contributed by atoms with Gasteiger partial charge in [0.1, 0.15) is 31.9 Å². The molecule has 2 atom stereocenters. The Balaban J connectivity index is 1.27. The zero-order chi connectivity index (χ0) is 33.8. The van der Waals surface area contributed by atoms with E-state index in [9.17, 15) is 28.8 Å². The number of carbonyl (C=O) groups is 6. The zero-order valence-corrected chi connectivity index (χ0v) is 25.3. The standard InChI is InChI=1S/C34H35N3O9/c1-23(35-29(38)22-44-19-18-37-32(41)26-14-8-9-15-27(26)33(37)42)31(40)36-28(34(43)46-21-25-12-6-3-7-13-25)16-17-30(39)45-20-24-10-4-2-5-11-24/h2-15,23,28H,16-22H2,1H3,(H,35,38)(H,36,40)/t23-,28-/m0/s1/i/hD. The minimum absolute atomic E-state index is 0.0441. The predicted molar refractivity (Wildman–Crippen MR) is 164 cm³/mol. The zero-order valence-electron chi connectivity index (χ0n) is 26.3. The lowest BCUT2D eigenvalue weighted by molar-refractivity contribution is -0.150. The molecule has 0 fully saturated rings. The van der Waals surface area contributed by atoms with E-state index in [2.05, 4.69) is 5.32 Å². The van der Waals surface area contributed by atoms with Crippen LogP contribution in [0.3, 0.4) is 0 Å². The van der Waals surface area contributed by atoms with Gasteiger partial charge in [0.25, 0.3) is 11.8 Å². The molecule has 1 aliphatic heterocycles. The van der Waals surface area contributed by atoms with E-state index in [1.54, 1.807) is 60.7 Å². The first kappa shape index (κ1) is 32.0. The normalized spacial score (nSPS) is 13.7. The number of nitrogens with zero attached hydrogens (tertiary/aromatic N) is 1. The molecule has 240 valence electrons. The fraction of sp³-hybridized carbons (Fsp3) is 0.294. The Morgan fingerprint density at radius 3 is 1.93 bits per heavy atom. The smallest absolute Gasteiger partial charge is 0.328 e. The number of imide groups is 1. The molecule has 0 spiro atoms. The lowest BCUT2D eigenvalue weighted by atomic mass is 10.1. The molecule has 4 rings (SSSR count). The molecule has 0 radical (unpaired) electrons. The third-order valence-electron chi connectivity index (χ3n) is 6.98. The van der Waals surface area contributed by atoms with Crippen LogP contribution in [0.2, 0.25) is 1.41 Å². The van der Waals surface area contributed by atoms with Crippen molar-refractivity contribution < 1.29 is 44.4 Å². The summed E-state index contributed by atoms with van der Waals surface area (Å²) in [7, 11) is 0. The minimum Gasteiger partial charge on any atom is -0.461 e. The highest BCUT2D eigenvalue weighted by molar-refractivity contribution is 6.21. The SMILES string of the molecule is [2H]N(C(=O)COCCN1C(=O)c2ccccc2C1=O)[C@@H](C)C(=O)N[C@@H](CCC(=O)OCc1ccccc1)C(=O)OCc1ccccc1. The summed E-state index contributed by atoms with van der Waals surface area (Å²) < 4.78 is 24.1. The van der Waals surface area contributed by atoms with Crippen molar-refractivity contribution in [2.75, 3.05) is 19.8 Å². The maximum atomic E-state index is 13.0. The number of hydrogen-bond donors (Lipinski definition) is 2. The second kappa shape index (κ2) is 16.6. The molecule has 46 heavy (non-hydrogen) atoms. The van der Waals surface area contributed by atoms with E-state index in [1.807, 2.05) is 24.3 Å². The molecule has 3 aromatic rings. The maximum Gasteiger partial charge on any atom is 0.328 e. The number of nitrogens with one attached hydrogen (secondary N) is 2. The van der Waals surface area contributed by atoms with Crippen molar-refractivity contribution in [1.82, 2.24) is 15.5 Å². The van der Waals surface area contributed by atoms with Gasteiger partial charge in [-0.2, -0.15) is 0 Å². The van der Waals surface area contributed by atoms with Crippen molar-refractivity contribution in [3.8, 4) is 0 Å². The Labute approximate surface area is 267 Å². The molecular formula is C34H35N3O9. The molecule has 0 bridgehead atoms. The molecular weight excluding hydrogens is 594 g/mol. The molecule has 1 aliphatic rings. The second-order valence-electron chi connectivity index (χ2n) is 10.4. The maximum absolute atomic E-state index is 13.0. The molecule has 12 heteroatoms. The Morgan fingerprint density at radius 1 is 0.804 bits per heavy atom. The van der Waals surface area contributed by atoms with Crippen LogP contribution >= 0.6 is 0 Å². The lowest BCUT2D eigenvalue weighted by Gasteiger charge is -2.21. The highest BCUT2D eigenvalue weighted by Crippen LogP contribution is 2.21. The fourth-order valence-corrected chi connectivity index (χ4v) is 4.51. The van der Waals surface area contributed by atoms with Crippen LogP contribution in [0, 0.1) is 0 Å². The first-order chi connectivity index (χ1) is 22.7. The van der Waals surface area contributed by atoms with E-state index in [-0.39, 0.29) is 50.3 Å². The van der Waals surface area contributed by atoms with Crippen LogP contribution in [-0.2, 0) is 46.6 Å². The number of esters is 2. The first-order valence-electron chi connectivity index (χ1n) is 15.1. The average molecular weight is 631 g/mol. The van der Waals surface area contributed by atoms with Crippen LogP contribution in [-0.4, -0.2) is 72.3 Å². The fourth-order valence-electron chi connectivity index (χ4n) is 4.51. The van der Waals surface area contributed by atoms with E-state index in [1.165, 1.54) is 6.92 Å². The van der Waals surface area contributed by atoms with Crippen molar-refractivity contribution in [2.45, 2.75) is 45.1 Å². The van der Waals surface area contributed by atoms with Gasteiger partial charge in [0.05, 0.1) is 24.3 Å². The van der Waals surface area contributed by atoms with E-state index in [0.717, 1.165) is 10.5 Å². The van der Waals surface area contributed by atoms with E-state index in [0.29, 0.717) is 10.9 Å². The van der Waals surface area contributed by atoms with Crippen molar-refractivity contribution in [3.05, 3.63) is 107 Å². The monoisotopic (exact) mass is 630 g/mol. The van der Waals surface area contributed by atoms with E-state index in [4.69, 9.17) is 15.6 Å². The van der Waals surface area contributed by atoms with Gasteiger partial charge in [0.15, 0.2) is 1.41 Å². The van der Waals surface area contributed by atoms with Gasteiger partial charge in [0, 0.05) is 6.42 Å². The molecule has 0 unspecified atom stereocenters. The number of hydrogen-bond acceptors (Lipinski definition) is 9. The van der Waals surface area contributed by atoms with Gasteiger partial charge in [-0.25, -0.2) is 4.79 Å². The van der Waals surface area contributed by atoms with Gasteiger partial charge in [-0.15, -0.1) is 0 Å². The highest BCUT2D eigenvalue weighted by atomic mass is 16.5. The number of rotatable bonds is 16. The summed E-state index contributed by atoms with van der Waals surface area (Å²) in [5, 5.41) is 2.88. The summed E-state index contributed by atoms with van der Waals surface area (Å²) in [6.07, 6.45) is -0.358. The van der Waals surface area contributed by atoms with Gasteiger partial charge in [-0.05, 0) is 36.6 Å². The van der Waals surface area contributed by atoms with Crippen molar-refractivity contribution in [1.29, 1.82) is 0 Å². The number of ether oxygens (including phenoxy) is 3. The topological polar surface area (TPSA) is 157 Å². The van der Waals surface area contributed by atoms with Gasteiger partial charge in [0.2, 0.25) is 11.8 Å².